The first kappa shape index (κ1) is 13.0. The van der Waals surface area contributed by atoms with Gasteiger partial charge in [-0.1, -0.05) is 0 Å². The Balaban J connectivity index is 2.10. The lowest BCUT2D eigenvalue weighted by atomic mass is 10.1. The molecular formula is C12H12F2N2O4. The Morgan fingerprint density at radius 2 is 2.25 bits per heavy atom. The molecule has 2 aliphatic rings. The van der Waals surface area contributed by atoms with Crippen LogP contribution < -0.4 is 0 Å². The van der Waals surface area contributed by atoms with Crippen molar-refractivity contribution in [2.24, 2.45) is 5.92 Å². The molecule has 0 aliphatic heterocycles. The fraction of sp³-hybridized carbons (Fsp3) is 0.583. The van der Waals surface area contributed by atoms with Crippen molar-refractivity contribution in [3.8, 4) is 0 Å². The summed E-state index contributed by atoms with van der Waals surface area (Å²) in [4.78, 5) is 22.5. The minimum absolute atomic E-state index is 0.101. The number of fused-ring (bicyclic) bond motifs is 3. The number of alkyl halides is 2. The van der Waals surface area contributed by atoms with Gasteiger partial charge in [0.2, 0.25) is 0 Å². The number of aliphatic carboxylic acids is 1. The summed E-state index contributed by atoms with van der Waals surface area (Å²) in [6.07, 6.45) is 0.297. The van der Waals surface area contributed by atoms with Crippen molar-refractivity contribution >= 4 is 11.9 Å². The molecule has 0 aromatic carbocycles. The summed E-state index contributed by atoms with van der Waals surface area (Å²) in [5, 5.41) is 12.5. The molecule has 1 aromatic rings. The molecule has 1 unspecified atom stereocenters. The monoisotopic (exact) mass is 286 g/mol. The number of carboxylic acid groups (broad SMARTS) is 1. The lowest BCUT2D eigenvalue weighted by Crippen LogP contribution is -2.22. The highest BCUT2D eigenvalue weighted by atomic mass is 19.3. The van der Waals surface area contributed by atoms with Crippen LogP contribution in [0.15, 0.2) is 0 Å². The SMILES string of the molecule is CCOC(=O)c1nn(CC(=O)O)c2c1[C@H]1CC1C2(F)F. The predicted octanol–water partition coefficient (Wildman–Crippen LogP) is 1.35. The number of carbonyl (C=O) groups is 2. The van der Waals surface area contributed by atoms with Crippen molar-refractivity contribution < 1.29 is 28.2 Å². The van der Waals surface area contributed by atoms with Crippen molar-refractivity contribution in [1.82, 2.24) is 9.78 Å². The second-order valence-corrected chi connectivity index (χ2v) is 4.95. The first-order valence-electron chi connectivity index (χ1n) is 6.25. The van der Waals surface area contributed by atoms with Crippen molar-refractivity contribution in [2.75, 3.05) is 6.61 Å². The first-order chi connectivity index (χ1) is 9.37. The van der Waals surface area contributed by atoms with Gasteiger partial charge in [-0.05, 0) is 19.3 Å². The standard InChI is InChI=1S/C12H12F2N2O4/c1-2-20-11(19)9-8-5-3-6(5)12(13,14)10(8)16(15-9)4-7(17)18/h5-6H,2-4H2,1H3,(H,17,18)/t5-,6?/m0/s1. The van der Waals surface area contributed by atoms with E-state index in [0.29, 0.717) is 6.42 Å². The number of aromatic nitrogens is 2. The Labute approximate surface area is 112 Å². The minimum Gasteiger partial charge on any atom is -0.480 e. The van der Waals surface area contributed by atoms with Gasteiger partial charge >= 0.3 is 11.9 Å². The van der Waals surface area contributed by atoms with Crippen LogP contribution >= 0.6 is 0 Å². The van der Waals surface area contributed by atoms with Crippen molar-refractivity contribution in [3.05, 3.63) is 17.0 Å². The lowest BCUT2D eigenvalue weighted by Gasteiger charge is -2.14. The molecule has 0 amide bonds. The molecule has 1 heterocycles. The van der Waals surface area contributed by atoms with E-state index in [1.807, 2.05) is 0 Å². The highest BCUT2D eigenvalue weighted by Crippen LogP contribution is 2.67. The van der Waals surface area contributed by atoms with E-state index in [0.717, 1.165) is 4.68 Å². The summed E-state index contributed by atoms with van der Waals surface area (Å²) in [6.45, 7) is 1.00. The third-order valence-corrected chi connectivity index (χ3v) is 3.69. The summed E-state index contributed by atoms with van der Waals surface area (Å²) < 4.78 is 33.8. The highest BCUT2D eigenvalue weighted by Gasteiger charge is 2.67. The third kappa shape index (κ3) is 1.63. The summed E-state index contributed by atoms with van der Waals surface area (Å²) in [5.41, 5.74) is -0.448. The van der Waals surface area contributed by atoms with Crippen LogP contribution in [-0.4, -0.2) is 33.4 Å². The normalized spacial score (nSPS) is 24.9. The molecule has 0 saturated heterocycles. The summed E-state index contributed by atoms with van der Waals surface area (Å²) in [5.74, 6) is -6.46. The van der Waals surface area contributed by atoms with E-state index in [2.05, 4.69) is 5.10 Å². The van der Waals surface area contributed by atoms with Crippen LogP contribution in [0, 0.1) is 5.92 Å². The second-order valence-electron chi connectivity index (χ2n) is 4.95. The maximum absolute atomic E-state index is 14.1. The van der Waals surface area contributed by atoms with Gasteiger partial charge in [0.05, 0.1) is 6.61 Å². The predicted molar refractivity (Wildman–Crippen MR) is 60.6 cm³/mol. The molecule has 0 spiro atoms. The maximum Gasteiger partial charge on any atom is 0.359 e. The Morgan fingerprint density at radius 1 is 1.55 bits per heavy atom. The zero-order chi connectivity index (χ0) is 14.7. The quantitative estimate of drug-likeness (QED) is 0.845. The molecule has 8 heteroatoms. The van der Waals surface area contributed by atoms with Crippen LogP contribution in [0.25, 0.3) is 0 Å². The van der Waals surface area contributed by atoms with Gasteiger partial charge in [-0.2, -0.15) is 13.9 Å². The highest BCUT2D eigenvalue weighted by molar-refractivity contribution is 5.90. The zero-order valence-corrected chi connectivity index (χ0v) is 10.6. The van der Waals surface area contributed by atoms with E-state index in [1.54, 1.807) is 6.92 Å². The molecule has 1 saturated carbocycles. The van der Waals surface area contributed by atoms with E-state index in [4.69, 9.17) is 9.84 Å². The number of rotatable bonds is 4. The Kier molecular flexibility index (Phi) is 2.60. The molecule has 1 N–H and O–H groups in total. The van der Waals surface area contributed by atoms with Gasteiger partial charge in [-0.3, -0.25) is 9.48 Å². The number of carbonyl (C=O) groups excluding carboxylic acids is 1. The number of ether oxygens (including phenoxy) is 1. The van der Waals surface area contributed by atoms with Crippen LogP contribution in [0.1, 0.15) is 41.0 Å². The van der Waals surface area contributed by atoms with Crippen LogP contribution in [-0.2, 0) is 22.0 Å². The van der Waals surface area contributed by atoms with Gasteiger partial charge < -0.3 is 9.84 Å². The Hall–Kier alpha value is -1.99. The number of hydrogen-bond donors (Lipinski definition) is 1. The lowest BCUT2D eigenvalue weighted by molar-refractivity contribution is -0.138. The molecule has 1 aromatic heterocycles. The summed E-state index contributed by atoms with van der Waals surface area (Å²) in [6, 6.07) is 0. The summed E-state index contributed by atoms with van der Waals surface area (Å²) >= 11 is 0. The van der Waals surface area contributed by atoms with Gasteiger partial charge in [0.1, 0.15) is 12.2 Å². The van der Waals surface area contributed by atoms with Gasteiger partial charge in [-0.15, -0.1) is 0 Å². The molecule has 20 heavy (non-hydrogen) atoms. The molecular weight excluding hydrogens is 274 g/mol. The van der Waals surface area contributed by atoms with Gasteiger partial charge in [0.15, 0.2) is 5.69 Å². The molecule has 0 radical (unpaired) electrons. The number of halogens is 2. The molecule has 3 rings (SSSR count). The molecule has 108 valence electrons. The van der Waals surface area contributed by atoms with E-state index < -0.39 is 41.9 Å². The van der Waals surface area contributed by atoms with Crippen LogP contribution in [0.4, 0.5) is 8.78 Å². The fourth-order valence-corrected chi connectivity index (χ4v) is 2.86. The maximum atomic E-state index is 14.1. The van der Waals surface area contributed by atoms with Crippen LogP contribution in [0.2, 0.25) is 0 Å². The molecule has 0 bridgehead atoms. The minimum atomic E-state index is -3.13. The molecule has 2 atom stereocenters. The topological polar surface area (TPSA) is 81.4 Å². The van der Waals surface area contributed by atoms with Crippen LogP contribution in [0.3, 0.4) is 0 Å². The van der Waals surface area contributed by atoms with Gasteiger partial charge in [0.25, 0.3) is 5.92 Å². The largest absolute Gasteiger partial charge is 0.480 e. The molecule has 1 fully saturated rings. The number of nitrogens with zero attached hydrogens (tertiary/aromatic N) is 2. The first-order valence-corrected chi connectivity index (χ1v) is 6.25. The Bertz CT molecular complexity index is 611. The average molecular weight is 286 g/mol. The van der Waals surface area contributed by atoms with Crippen LogP contribution in [0.5, 0.6) is 0 Å². The van der Waals surface area contributed by atoms with Gasteiger partial charge in [0, 0.05) is 11.5 Å². The zero-order valence-electron chi connectivity index (χ0n) is 10.6. The Morgan fingerprint density at radius 3 is 2.85 bits per heavy atom. The second kappa shape index (κ2) is 4.00. The van der Waals surface area contributed by atoms with E-state index in [-0.39, 0.29) is 17.9 Å². The van der Waals surface area contributed by atoms with Crippen molar-refractivity contribution in [3.63, 3.8) is 0 Å². The molecule has 6 nitrogen and oxygen atoms in total. The smallest absolute Gasteiger partial charge is 0.359 e. The molecule has 2 aliphatic carbocycles. The van der Waals surface area contributed by atoms with E-state index in [9.17, 15) is 18.4 Å². The number of hydrogen-bond acceptors (Lipinski definition) is 4. The summed E-state index contributed by atoms with van der Waals surface area (Å²) in [7, 11) is 0. The van der Waals surface area contributed by atoms with Gasteiger partial charge in [-0.25, -0.2) is 4.79 Å². The number of carboxylic acids is 1. The van der Waals surface area contributed by atoms with Crippen molar-refractivity contribution in [2.45, 2.75) is 31.7 Å². The average Bonchev–Trinajstić information content (AvgIpc) is 3.00. The van der Waals surface area contributed by atoms with Crippen molar-refractivity contribution in [1.29, 1.82) is 0 Å². The van der Waals surface area contributed by atoms with E-state index >= 15 is 0 Å². The fourth-order valence-electron chi connectivity index (χ4n) is 2.86. The third-order valence-electron chi connectivity index (χ3n) is 3.69. The number of esters is 1. The van der Waals surface area contributed by atoms with E-state index in [1.165, 1.54) is 0 Å².